The van der Waals surface area contributed by atoms with E-state index in [-0.39, 0.29) is 0 Å². The average Bonchev–Trinajstić information content (AvgIpc) is 2.50. The third-order valence-electron chi connectivity index (χ3n) is 3.71. The molecule has 0 saturated heterocycles. The molecule has 116 valence electrons. The molecule has 7 heteroatoms. The fraction of sp³-hybridized carbons (Fsp3) is 0.500. The largest absolute Gasteiger partial charge is 0.495 e. The molecule has 0 saturated carbocycles. The second-order valence-corrected chi connectivity index (χ2v) is 4.86. The standard InChI is InChI=1S/C14H22N4O3/c1-19-11-5-4-10(8-14(11,20-2)21-3)9-18-12(15)6-7-17-13(18)16/h4-7,13,15,17H,8-9,16H2,1-3H3. The van der Waals surface area contributed by atoms with E-state index in [1.807, 2.05) is 12.2 Å². The molecule has 0 amide bonds. The highest BCUT2D eigenvalue weighted by molar-refractivity contribution is 5.91. The Morgan fingerprint density at radius 3 is 2.67 bits per heavy atom. The number of nitrogens with two attached hydrogens (primary N) is 1. The summed E-state index contributed by atoms with van der Waals surface area (Å²) >= 11 is 0. The van der Waals surface area contributed by atoms with Crippen LogP contribution in [0, 0.1) is 5.41 Å². The molecule has 21 heavy (non-hydrogen) atoms. The van der Waals surface area contributed by atoms with Crippen molar-refractivity contribution in [2.75, 3.05) is 27.9 Å². The summed E-state index contributed by atoms with van der Waals surface area (Å²) in [5.74, 6) is 0.0564. The lowest BCUT2D eigenvalue weighted by molar-refractivity contribution is -0.200. The summed E-state index contributed by atoms with van der Waals surface area (Å²) in [6.07, 6.45) is 7.22. The monoisotopic (exact) mass is 294 g/mol. The molecule has 1 aliphatic heterocycles. The second kappa shape index (κ2) is 6.30. The van der Waals surface area contributed by atoms with Crippen LogP contribution in [0.5, 0.6) is 0 Å². The van der Waals surface area contributed by atoms with Crippen molar-refractivity contribution < 1.29 is 14.2 Å². The molecule has 0 aromatic heterocycles. The fourth-order valence-corrected chi connectivity index (χ4v) is 2.49. The van der Waals surface area contributed by atoms with Crippen molar-refractivity contribution in [1.29, 1.82) is 5.41 Å². The Bertz CT molecular complexity index is 494. The number of hydrogen-bond donors (Lipinski definition) is 3. The van der Waals surface area contributed by atoms with Gasteiger partial charge in [-0.3, -0.25) is 11.1 Å². The topological polar surface area (TPSA) is 92.8 Å². The van der Waals surface area contributed by atoms with Crippen molar-refractivity contribution in [2.45, 2.75) is 18.5 Å². The number of allylic oxidation sites excluding steroid dienone is 2. The molecule has 1 aliphatic carbocycles. The molecule has 2 rings (SSSR count). The van der Waals surface area contributed by atoms with Crippen LogP contribution in [-0.4, -0.2) is 50.7 Å². The van der Waals surface area contributed by atoms with E-state index in [1.54, 1.807) is 38.5 Å². The van der Waals surface area contributed by atoms with Crippen LogP contribution in [0.1, 0.15) is 6.42 Å². The first-order valence-corrected chi connectivity index (χ1v) is 6.64. The maximum Gasteiger partial charge on any atom is 0.231 e. The quantitative estimate of drug-likeness (QED) is 0.639. The van der Waals surface area contributed by atoms with Crippen LogP contribution >= 0.6 is 0 Å². The zero-order valence-corrected chi connectivity index (χ0v) is 12.6. The molecule has 1 unspecified atom stereocenters. The van der Waals surface area contributed by atoms with Gasteiger partial charge < -0.3 is 24.4 Å². The van der Waals surface area contributed by atoms with Gasteiger partial charge in [0.25, 0.3) is 0 Å². The summed E-state index contributed by atoms with van der Waals surface area (Å²) in [5.41, 5.74) is 7.00. The van der Waals surface area contributed by atoms with E-state index < -0.39 is 12.1 Å². The van der Waals surface area contributed by atoms with E-state index in [2.05, 4.69) is 5.32 Å². The normalized spacial score (nSPS) is 24.3. The highest BCUT2D eigenvalue weighted by atomic mass is 16.7. The molecule has 4 N–H and O–H groups in total. The SMILES string of the molecule is COC1=CC=C(CN2C(=N)C=CNC2N)CC1(OC)OC. The first-order chi connectivity index (χ1) is 10.1. The van der Waals surface area contributed by atoms with Gasteiger partial charge >= 0.3 is 0 Å². The number of nitrogens with one attached hydrogen (secondary N) is 2. The van der Waals surface area contributed by atoms with Gasteiger partial charge in [-0.25, -0.2) is 0 Å². The van der Waals surface area contributed by atoms with Crippen LogP contribution in [0.15, 0.2) is 35.8 Å². The second-order valence-electron chi connectivity index (χ2n) is 4.86. The van der Waals surface area contributed by atoms with Gasteiger partial charge in [0.05, 0.1) is 7.11 Å². The van der Waals surface area contributed by atoms with E-state index >= 15 is 0 Å². The molecule has 7 nitrogen and oxygen atoms in total. The first kappa shape index (κ1) is 15.6. The minimum absolute atomic E-state index is 0.365. The summed E-state index contributed by atoms with van der Waals surface area (Å²) in [7, 11) is 4.75. The van der Waals surface area contributed by atoms with E-state index in [9.17, 15) is 0 Å². The van der Waals surface area contributed by atoms with E-state index in [0.29, 0.717) is 24.6 Å². The minimum Gasteiger partial charge on any atom is -0.495 e. The van der Waals surface area contributed by atoms with E-state index in [1.165, 1.54) is 0 Å². The molecule has 0 spiro atoms. The highest BCUT2D eigenvalue weighted by Gasteiger charge is 2.39. The summed E-state index contributed by atoms with van der Waals surface area (Å²) in [6.45, 7) is 0.513. The molecule has 0 bridgehead atoms. The Balaban J connectivity index is 2.18. The van der Waals surface area contributed by atoms with Gasteiger partial charge in [-0.2, -0.15) is 0 Å². The number of hydrogen-bond acceptors (Lipinski definition) is 6. The third kappa shape index (κ3) is 2.94. The Morgan fingerprint density at radius 2 is 2.10 bits per heavy atom. The summed E-state index contributed by atoms with van der Waals surface area (Å²) in [6, 6.07) is 0. The lowest BCUT2D eigenvalue weighted by Gasteiger charge is -2.38. The van der Waals surface area contributed by atoms with Crippen LogP contribution in [0.4, 0.5) is 0 Å². The maximum atomic E-state index is 7.95. The summed E-state index contributed by atoms with van der Waals surface area (Å²) in [5, 5.41) is 10.9. The van der Waals surface area contributed by atoms with Crippen molar-refractivity contribution >= 4 is 5.84 Å². The zero-order chi connectivity index (χ0) is 15.5. The van der Waals surface area contributed by atoms with Gasteiger partial charge in [-0.05, 0) is 17.7 Å². The molecular formula is C14H22N4O3. The van der Waals surface area contributed by atoms with E-state index in [4.69, 9.17) is 25.4 Å². The molecule has 0 aromatic carbocycles. The lowest BCUT2D eigenvalue weighted by atomic mass is 9.96. The van der Waals surface area contributed by atoms with Crippen LogP contribution < -0.4 is 11.1 Å². The number of nitrogens with zero attached hydrogens (tertiary/aromatic N) is 1. The molecule has 2 aliphatic rings. The lowest BCUT2D eigenvalue weighted by Crippen LogP contribution is -2.55. The molecule has 1 heterocycles. The Kier molecular flexibility index (Phi) is 4.66. The molecule has 0 fully saturated rings. The number of amidine groups is 1. The molecular weight excluding hydrogens is 272 g/mol. The molecule has 0 aromatic rings. The Hall–Kier alpha value is -1.83. The summed E-state index contributed by atoms with van der Waals surface area (Å²) in [4.78, 5) is 1.76. The maximum absolute atomic E-state index is 7.95. The van der Waals surface area contributed by atoms with Crippen LogP contribution in [0.2, 0.25) is 0 Å². The fourth-order valence-electron chi connectivity index (χ4n) is 2.49. The average molecular weight is 294 g/mol. The van der Waals surface area contributed by atoms with Gasteiger partial charge in [-0.1, -0.05) is 6.08 Å². The predicted octanol–water partition coefficient (Wildman–Crippen LogP) is 0.474. The van der Waals surface area contributed by atoms with E-state index in [0.717, 1.165) is 5.57 Å². The van der Waals surface area contributed by atoms with Crippen molar-refractivity contribution in [3.8, 4) is 0 Å². The predicted molar refractivity (Wildman–Crippen MR) is 79.2 cm³/mol. The van der Waals surface area contributed by atoms with Crippen molar-refractivity contribution in [2.24, 2.45) is 5.73 Å². The molecule has 0 radical (unpaired) electrons. The first-order valence-electron chi connectivity index (χ1n) is 6.64. The van der Waals surface area contributed by atoms with Gasteiger partial charge in [0.15, 0.2) is 12.0 Å². The van der Waals surface area contributed by atoms with Gasteiger partial charge in [0.1, 0.15) is 5.84 Å². The number of ether oxygens (including phenoxy) is 3. The number of rotatable bonds is 5. The zero-order valence-electron chi connectivity index (χ0n) is 12.6. The minimum atomic E-state index is -0.926. The smallest absolute Gasteiger partial charge is 0.231 e. The van der Waals surface area contributed by atoms with Crippen molar-refractivity contribution in [3.63, 3.8) is 0 Å². The van der Waals surface area contributed by atoms with Crippen LogP contribution in [-0.2, 0) is 14.2 Å². The van der Waals surface area contributed by atoms with Crippen molar-refractivity contribution in [1.82, 2.24) is 10.2 Å². The third-order valence-corrected chi connectivity index (χ3v) is 3.71. The highest BCUT2D eigenvalue weighted by Crippen LogP contribution is 2.34. The Morgan fingerprint density at radius 1 is 1.38 bits per heavy atom. The van der Waals surface area contributed by atoms with Gasteiger partial charge in [0, 0.05) is 33.4 Å². The van der Waals surface area contributed by atoms with Gasteiger partial charge in [0.2, 0.25) is 5.79 Å². The van der Waals surface area contributed by atoms with Crippen molar-refractivity contribution in [3.05, 3.63) is 35.8 Å². The van der Waals surface area contributed by atoms with Gasteiger partial charge in [-0.15, -0.1) is 0 Å². The van der Waals surface area contributed by atoms with Crippen LogP contribution in [0.3, 0.4) is 0 Å². The Labute approximate surface area is 124 Å². The summed E-state index contributed by atoms with van der Waals surface area (Å²) < 4.78 is 16.4. The number of methoxy groups -OCH3 is 3. The molecule has 1 atom stereocenters. The van der Waals surface area contributed by atoms with Crippen LogP contribution in [0.25, 0.3) is 0 Å².